The first-order valence-corrected chi connectivity index (χ1v) is 10.8. The molecule has 2 N–H and O–H groups in total. The van der Waals surface area contributed by atoms with Crippen molar-refractivity contribution in [3.8, 4) is 0 Å². The van der Waals surface area contributed by atoms with Crippen LogP contribution in [0.3, 0.4) is 0 Å². The number of benzene rings is 1. The Hall–Kier alpha value is -1.74. The van der Waals surface area contributed by atoms with Crippen LogP contribution in [0.1, 0.15) is 22.4 Å². The van der Waals surface area contributed by atoms with Crippen LogP contribution in [0.4, 0.5) is 0 Å². The first-order valence-electron chi connectivity index (χ1n) is 8.53. The molecule has 8 heteroatoms. The van der Waals surface area contributed by atoms with Crippen LogP contribution in [-0.2, 0) is 34.2 Å². The molecule has 140 valence electrons. The molecule has 2 heterocycles. The zero-order valence-corrected chi connectivity index (χ0v) is 16.0. The molecule has 1 aromatic carbocycles. The van der Waals surface area contributed by atoms with Crippen LogP contribution in [0.2, 0.25) is 0 Å². The van der Waals surface area contributed by atoms with Gasteiger partial charge in [-0.25, -0.2) is 13.1 Å². The van der Waals surface area contributed by atoms with Crippen LogP contribution in [0.5, 0.6) is 0 Å². The first-order chi connectivity index (χ1) is 12.4. The van der Waals surface area contributed by atoms with Crippen LogP contribution in [0, 0.1) is 0 Å². The van der Waals surface area contributed by atoms with Gasteiger partial charge in [0, 0.05) is 24.5 Å². The van der Waals surface area contributed by atoms with Gasteiger partial charge in [-0.2, -0.15) is 0 Å². The first kappa shape index (κ1) is 19.0. The van der Waals surface area contributed by atoms with E-state index in [1.807, 2.05) is 0 Å². The SMILES string of the molecule is O=C(O)Cc1ccc(S(=O)(=O)NCCCN2CCc3ccccc3C2)s1. The highest BCUT2D eigenvalue weighted by atomic mass is 32.2. The normalized spacial score (nSPS) is 14.9. The van der Waals surface area contributed by atoms with E-state index in [2.05, 4.69) is 33.9 Å². The Kier molecular flexibility index (Phi) is 6.08. The highest BCUT2D eigenvalue weighted by Crippen LogP contribution is 2.22. The van der Waals surface area contributed by atoms with Crippen LogP contribution < -0.4 is 4.72 Å². The maximum absolute atomic E-state index is 12.3. The average molecular weight is 395 g/mol. The fourth-order valence-electron chi connectivity index (χ4n) is 3.07. The van der Waals surface area contributed by atoms with E-state index in [9.17, 15) is 13.2 Å². The van der Waals surface area contributed by atoms with Crippen molar-refractivity contribution in [3.05, 3.63) is 52.4 Å². The largest absolute Gasteiger partial charge is 0.481 e. The predicted molar refractivity (Wildman–Crippen MR) is 101 cm³/mol. The molecule has 0 bridgehead atoms. The second-order valence-electron chi connectivity index (χ2n) is 6.34. The number of nitrogens with zero attached hydrogens (tertiary/aromatic N) is 1. The number of rotatable bonds is 8. The van der Waals surface area contributed by atoms with Gasteiger partial charge in [-0.3, -0.25) is 9.69 Å². The van der Waals surface area contributed by atoms with Gasteiger partial charge in [0.2, 0.25) is 10.0 Å². The van der Waals surface area contributed by atoms with Crippen LogP contribution in [0.15, 0.2) is 40.6 Å². The van der Waals surface area contributed by atoms with E-state index in [1.165, 1.54) is 17.2 Å². The van der Waals surface area contributed by atoms with E-state index in [0.29, 0.717) is 11.4 Å². The number of carboxylic acids is 1. The van der Waals surface area contributed by atoms with Crippen LogP contribution in [-0.4, -0.2) is 44.0 Å². The van der Waals surface area contributed by atoms with E-state index in [0.717, 1.165) is 43.8 Å². The number of carboxylic acid groups (broad SMARTS) is 1. The summed E-state index contributed by atoms with van der Waals surface area (Å²) in [6, 6.07) is 11.5. The lowest BCUT2D eigenvalue weighted by atomic mass is 10.00. The number of hydrogen-bond donors (Lipinski definition) is 2. The molecule has 0 unspecified atom stereocenters. The third-order valence-corrected chi connectivity index (χ3v) is 7.42. The van der Waals surface area contributed by atoms with Gasteiger partial charge < -0.3 is 5.11 Å². The number of thiophene rings is 1. The third-order valence-electron chi connectivity index (χ3n) is 4.38. The molecule has 2 aromatic rings. The fourth-order valence-corrected chi connectivity index (χ4v) is 5.54. The van der Waals surface area contributed by atoms with Crippen molar-refractivity contribution in [1.82, 2.24) is 9.62 Å². The molecule has 3 rings (SSSR count). The van der Waals surface area contributed by atoms with Gasteiger partial charge >= 0.3 is 5.97 Å². The molecule has 1 aliphatic rings. The molecule has 1 aromatic heterocycles. The minimum atomic E-state index is -3.57. The number of aliphatic carboxylic acids is 1. The summed E-state index contributed by atoms with van der Waals surface area (Å²) in [5.41, 5.74) is 2.75. The molecule has 0 radical (unpaired) electrons. The highest BCUT2D eigenvalue weighted by Gasteiger charge is 2.18. The minimum Gasteiger partial charge on any atom is -0.481 e. The molecule has 0 amide bonds. The predicted octanol–water partition coefficient (Wildman–Crippen LogP) is 2.10. The lowest BCUT2D eigenvalue weighted by molar-refractivity contribution is -0.136. The lowest BCUT2D eigenvalue weighted by Gasteiger charge is -2.28. The molecule has 0 aliphatic carbocycles. The quantitative estimate of drug-likeness (QED) is 0.670. The number of hydrogen-bond acceptors (Lipinski definition) is 5. The summed E-state index contributed by atoms with van der Waals surface area (Å²) in [4.78, 5) is 13.6. The number of nitrogens with one attached hydrogen (secondary N) is 1. The highest BCUT2D eigenvalue weighted by molar-refractivity contribution is 7.91. The van der Waals surface area contributed by atoms with Gasteiger partial charge in [0.25, 0.3) is 0 Å². The molecule has 0 saturated carbocycles. The summed E-state index contributed by atoms with van der Waals surface area (Å²) >= 11 is 1.00. The Balaban J connectivity index is 1.46. The van der Waals surface area contributed by atoms with Crippen molar-refractivity contribution in [1.29, 1.82) is 0 Å². The van der Waals surface area contributed by atoms with E-state index < -0.39 is 16.0 Å². The summed E-state index contributed by atoms with van der Waals surface area (Å²) in [5, 5.41) is 8.77. The summed E-state index contributed by atoms with van der Waals surface area (Å²) in [6.45, 7) is 3.11. The van der Waals surface area contributed by atoms with Crippen molar-refractivity contribution >= 4 is 27.3 Å². The van der Waals surface area contributed by atoms with E-state index in [4.69, 9.17) is 5.11 Å². The summed E-state index contributed by atoms with van der Waals surface area (Å²) in [7, 11) is -3.57. The average Bonchev–Trinajstić information content (AvgIpc) is 3.07. The minimum absolute atomic E-state index is 0.156. The second kappa shape index (κ2) is 8.30. The zero-order chi connectivity index (χ0) is 18.6. The van der Waals surface area contributed by atoms with Crippen molar-refractivity contribution < 1.29 is 18.3 Å². The molecule has 0 atom stereocenters. The molecule has 0 spiro atoms. The summed E-state index contributed by atoms with van der Waals surface area (Å²) in [6.07, 6.45) is 1.61. The summed E-state index contributed by atoms with van der Waals surface area (Å²) < 4.78 is 27.3. The monoisotopic (exact) mass is 394 g/mol. The van der Waals surface area contributed by atoms with Gasteiger partial charge in [-0.1, -0.05) is 24.3 Å². The standard InChI is InChI=1S/C18H22N2O4S2/c21-17(22)12-16-6-7-18(25-16)26(23,24)19-9-3-10-20-11-8-14-4-1-2-5-15(14)13-20/h1-2,4-7,19H,3,8-13H2,(H,21,22). The zero-order valence-electron chi connectivity index (χ0n) is 14.3. The molecule has 6 nitrogen and oxygen atoms in total. The maximum Gasteiger partial charge on any atom is 0.308 e. The molecule has 1 aliphatic heterocycles. The Morgan fingerprint density at radius 1 is 1.19 bits per heavy atom. The molecule has 0 saturated heterocycles. The van der Waals surface area contributed by atoms with Crippen molar-refractivity contribution in [2.75, 3.05) is 19.6 Å². The summed E-state index contributed by atoms with van der Waals surface area (Å²) in [5.74, 6) is -0.966. The van der Waals surface area contributed by atoms with Gasteiger partial charge in [0.15, 0.2) is 0 Å². The number of sulfonamides is 1. The smallest absolute Gasteiger partial charge is 0.308 e. The topological polar surface area (TPSA) is 86.7 Å². The van der Waals surface area contributed by atoms with Gasteiger partial charge in [0.05, 0.1) is 6.42 Å². The van der Waals surface area contributed by atoms with Gasteiger partial charge in [-0.15, -0.1) is 11.3 Å². The Morgan fingerprint density at radius 2 is 1.96 bits per heavy atom. The van der Waals surface area contributed by atoms with Gasteiger partial charge in [0.1, 0.15) is 4.21 Å². The molecule has 0 fully saturated rings. The lowest BCUT2D eigenvalue weighted by Crippen LogP contribution is -2.33. The van der Waals surface area contributed by atoms with E-state index in [-0.39, 0.29) is 10.6 Å². The molecular weight excluding hydrogens is 372 g/mol. The Labute approximate surface area is 157 Å². The fraction of sp³-hybridized carbons (Fsp3) is 0.389. The van der Waals surface area contributed by atoms with E-state index >= 15 is 0 Å². The van der Waals surface area contributed by atoms with Crippen molar-refractivity contribution in [2.45, 2.75) is 30.0 Å². The van der Waals surface area contributed by atoms with Crippen LogP contribution in [0.25, 0.3) is 0 Å². The maximum atomic E-state index is 12.3. The van der Waals surface area contributed by atoms with Crippen molar-refractivity contribution in [2.24, 2.45) is 0 Å². The van der Waals surface area contributed by atoms with Gasteiger partial charge in [-0.05, 0) is 42.6 Å². The van der Waals surface area contributed by atoms with E-state index in [1.54, 1.807) is 6.07 Å². The Morgan fingerprint density at radius 3 is 2.73 bits per heavy atom. The van der Waals surface area contributed by atoms with Crippen molar-refractivity contribution in [3.63, 3.8) is 0 Å². The third kappa shape index (κ3) is 4.91. The Bertz CT molecular complexity index is 877. The molecular formula is C18H22N2O4S2. The second-order valence-corrected chi connectivity index (χ2v) is 9.50. The molecule has 26 heavy (non-hydrogen) atoms. The number of carbonyl (C=O) groups is 1. The van der Waals surface area contributed by atoms with Crippen LogP contribution >= 0.6 is 11.3 Å². The number of fused-ring (bicyclic) bond motifs is 1.